The summed E-state index contributed by atoms with van der Waals surface area (Å²) in [5.74, 6) is 0.125. The summed E-state index contributed by atoms with van der Waals surface area (Å²) >= 11 is 0. The highest BCUT2D eigenvalue weighted by atomic mass is 19.1. The maximum Gasteiger partial charge on any atom is 0.171 e. The third kappa shape index (κ3) is 2.17. The van der Waals surface area contributed by atoms with Crippen molar-refractivity contribution in [2.45, 2.75) is 13.0 Å². The van der Waals surface area contributed by atoms with Crippen molar-refractivity contribution >= 4 is 11.0 Å². The van der Waals surface area contributed by atoms with Crippen LogP contribution < -0.4 is 4.74 Å². The third-order valence-electron chi connectivity index (χ3n) is 3.60. The number of fused-ring (bicyclic) bond motifs is 1. The van der Waals surface area contributed by atoms with Crippen LogP contribution in [0.25, 0.3) is 11.0 Å². The second-order valence-corrected chi connectivity index (χ2v) is 4.83. The normalized spacial score (nSPS) is 12.6. The van der Waals surface area contributed by atoms with E-state index in [-0.39, 0.29) is 11.3 Å². The number of ether oxygens (including phenoxy) is 1. The molecule has 0 aliphatic heterocycles. The summed E-state index contributed by atoms with van der Waals surface area (Å²) in [5.41, 5.74) is 1.43. The fourth-order valence-corrected chi connectivity index (χ4v) is 2.58. The number of rotatable bonds is 3. The van der Waals surface area contributed by atoms with Gasteiger partial charge in [0.2, 0.25) is 0 Å². The average Bonchev–Trinajstić information content (AvgIpc) is 2.82. The summed E-state index contributed by atoms with van der Waals surface area (Å²) in [6.45, 7) is 1.76. The molecule has 0 aliphatic carbocycles. The second-order valence-electron chi connectivity index (χ2n) is 4.83. The molecule has 0 saturated carbocycles. The van der Waals surface area contributed by atoms with Gasteiger partial charge < -0.3 is 14.3 Å². The van der Waals surface area contributed by atoms with Crippen LogP contribution in [-0.2, 0) is 0 Å². The first-order chi connectivity index (χ1) is 10.1. The van der Waals surface area contributed by atoms with E-state index < -0.39 is 11.9 Å². The number of methoxy groups -OCH3 is 1. The van der Waals surface area contributed by atoms with E-state index in [2.05, 4.69) is 0 Å². The number of para-hydroxylation sites is 1. The van der Waals surface area contributed by atoms with E-state index in [1.165, 1.54) is 13.2 Å². The summed E-state index contributed by atoms with van der Waals surface area (Å²) < 4.78 is 24.9. The first kappa shape index (κ1) is 13.6. The highest BCUT2D eigenvalue weighted by Crippen LogP contribution is 2.36. The first-order valence-corrected chi connectivity index (χ1v) is 6.62. The van der Waals surface area contributed by atoms with Gasteiger partial charge in [0, 0.05) is 16.5 Å². The summed E-state index contributed by atoms with van der Waals surface area (Å²) in [6, 6.07) is 12.1. The smallest absolute Gasteiger partial charge is 0.171 e. The molecule has 4 heteroatoms. The SMILES string of the molecule is COc1cccc(C(O)c2c(C)oc3ccccc23)c1F. The van der Waals surface area contributed by atoms with Gasteiger partial charge in [-0.25, -0.2) is 4.39 Å². The Bertz CT molecular complexity index is 792. The predicted octanol–water partition coefficient (Wildman–Crippen LogP) is 3.97. The largest absolute Gasteiger partial charge is 0.494 e. The minimum Gasteiger partial charge on any atom is -0.494 e. The van der Waals surface area contributed by atoms with Crippen molar-refractivity contribution in [3.05, 3.63) is 65.2 Å². The Morgan fingerprint density at radius 3 is 2.67 bits per heavy atom. The number of furan rings is 1. The highest BCUT2D eigenvalue weighted by Gasteiger charge is 2.23. The van der Waals surface area contributed by atoms with Gasteiger partial charge in [-0.2, -0.15) is 0 Å². The molecule has 0 aliphatic rings. The van der Waals surface area contributed by atoms with Crippen LogP contribution in [0.1, 0.15) is 23.0 Å². The molecule has 3 rings (SSSR count). The van der Waals surface area contributed by atoms with E-state index in [1.807, 2.05) is 24.3 Å². The quantitative estimate of drug-likeness (QED) is 0.792. The Labute approximate surface area is 121 Å². The van der Waals surface area contributed by atoms with Crippen LogP contribution in [0, 0.1) is 12.7 Å². The Morgan fingerprint density at radius 2 is 1.90 bits per heavy atom. The Hall–Kier alpha value is -2.33. The molecule has 0 bridgehead atoms. The van der Waals surface area contributed by atoms with Crippen LogP contribution in [0.2, 0.25) is 0 Å². The molecule has 21 heavy (non-hydrogen) atoms. The molecule has 1 aromatic heterocycles. The van der Waals surface area contributed by atoms with Crippen molar-refractivity contribution in [3.63, 3.8) is 0 Å². The lowest BCUT2D eigenvalue weighted by molar-refractivity contribution is 0.212. The van der Waals surface area contributed by atoms with Gasteiger partial charge in [-0.05, 0) is 19.1 Å². The molecule has 3 nitrogen and oxygen atoms in total. The molecule has 108 valence electrons. The van der Waals surface area contributed by atoms with Crippen molar-refractivity contribution < 1.29 is 18.7 Å². The van der Waals surface area contributed by atoms with Crippen LogP contribution in [-0.4, -0.2) is 12.2 Å². The van der Waals surface area contributed by atoms with E-state index in [0.29, 0.717) is 16.9 Å². The van der Waals surface area contributed by atoms with Gasteiger partial charge in [0.15, 0.2) is 11.6 Å². The summed E-state index contributed by atoms with van der Waals surface area (Å²) in [6.07, 6.45) is -1.11. The second kappa shape index (κ2) is 5.22. The van der Waals surface area contributed by atoms with Gasteiger partial charge in [0.05, 0.1) is 7.11 Å². The predicted molar refractivity (Wildman–Crippen MR) is 78.0 cm³/mol. The molecule has 1 heterocycles. The zero-order valence-corrected chi connectivity index (χ0v) is 11.8. The zero-order valence-electron chi connectivity index (χ0n) is 11.8. The topological polar surface area (TPSA) is 42.6 Å². The summed E-state index contributed by atoms with van der Waals surface area (Å²) in [7, 11) is 1.40. The minimum atomic E-state index is -1.11. The lowest BCUT2D eigenvalue weighted by atomic mass is 9.98. The minimum absolute atomic E-state index is 0.108. The van der Waals surface area contributed by atoms with Gasteiger partial charge in [-0.15, -0.1) is 0 Å². The Kier molecular flexibility index (Phi) is 3.39. The lowest BCUT2D eigenvalue weighted by Gasteiger charge is -2.13. The molecule has 3 aromatic rings. The fraction of sp³-hybridized carbons (Fsp3) is 0.176. The summed E-state index contributed by atoms with van der Waals surface area (Å²) in [4.78, 5) is 0. The molecule has 0 amide bonds. The number of benzene rings is 2. The number of hydrogen-bond donors (Lipinski definition) is 1. The van der Waals surface area contributed by atoms with E-state index >= 15 is 0 Å². The lowest BCUT2D eigenvalue weighted by Crippen LogP contribution is -2.04. The number of aliphatic hydroxyl groups is 1. The molecule has 1 atom stereocenters. The van der Waals surface area contributed by atoms with Crippen LogP contribution in [0.3, 0.4) is 0 Å². The molecule has 1 unspecified atom stereocenters. The number of aliphatic hydroxyl groups excluding tert-OH is 1. The molecule has 2 aromatic carbocycles. The molecule has 0 spiro atoms. The van der Waals surface area contributed by atoms with E-state index in [0.717, 1.165) is 5.39 Å². The van der Waals surface area contributed by atoms with Crippen molar-refractivity contribution in [2.24, 2.45) is 0 Å². The Balaban J connectivity index is 2.17. The molecular weight excluding hydrogens is 271 g/mol. The average molecular weight is 286 g/mol. The summed E-state index contributed by atoms with van der Waals surface area (Å²) in [5, 5.41) is 11.4. The highest BCUT2D eigenvalue weighted by molar-refractivity contribution is 5.83. The van der Waals surface area contributed by atoms with Crippen molar-refractivity contribution in [1.82, 2.24) is 0 Å². The number of hydrogen-bond acceptors (Lipinski definition) is 3. The van der Waals surface area contributed by atoms with Gasteiger partial charge in [0.1, 0.15) is 17.4 Å². The van der Waals surface area contributed by atoms with Crippen LogP contribution in [0.4, 0.5) is 4.39 Å². The van der Waals surface area contributed by atoms with Crippen molar-refractivity contribution in [2.75, 3.05) is 7.11 Å². The van der Waals surface area contributed by atoms with Crippen LogP contribution in [0.5, 0.6) is 5.75 Å². The van der Waals surface area contributed by atoms with E-state index in [1.54, 1.807) is 19.1 Å². The van der Waals surface area contributed by atoms with Crippen molar-refractivity contribution in [1.29, 1.82) is 0 Å². The molecule has 0 fully saturated rings. The molecule has 0 radical (unpaired) electrons. The van der Waals surface area contributed by atoms with Gasteiger partial charge in [-0.1, -0.05) is 30.3 Å². The fourth-order valence-electron chi connectivity index (χ4n) is 2.58. The zero-order chi connectivity index (χ0) is 15.0. The molecule has 0 saturated heterocycles. The third-order valence-corrected chi connectivity index (χ3v) is 3.60. The molecule has 1 N–H and O–H groups in total. The van der Waals surface area contributed by atoms with Crippen LogP contribution >= 0.6 is 0 Å². The number of halogens is 1. The monoisotopic (exact) mass is 286 g/mol. The van der Waals surface area contributed by atoms with Gasteiger partial charge >= 0.3 is 0 Å². The van der Waals surface area contributed by atoms with Crippen LogP contribution in [0.15, 0.2) is 46.9 Å². The maximum atomic E-state index is 14.3. The van der Waals surface area contributed by atoms with Gasteiger partial charge in [0.25, 0.3) is 0 Å². The maximum absolute atomic E-state index is 14.3. The first-order valence-electron chi connectivity index (χ1n) is 6.62. The van der Waals surface area contributed by atoms with E-state index in [4.69, 9.17) is 9.15 Å². The van der Waals surface area contributed by atoms with E-state index in [9.17, 15) is 9.50 Å². The number of aryl methyl sites for hydroxylation is 1. The molecular formula is C17H15FO3. The Morgan fingerprint density at radius 1 is 1.14 bits per heavy atom. The van der Waals surface area contributed by atoms with Gasteiger partial charge in [-0.3, -0.25) is 0 Å². The standard InChI is InChI=1S/C17H15FO3/c1-10-15(11-6-3-4-8-13(11)21-10)17(19)12-7-5-9-14(20-2)16(12)18/h3-9,17,19H,1-2H3. The van der Waals surface area contributed by atoms with Crippen molar-refractivity contribution in [3.8, 4) is 5.75 Å².